The SMILES string of the molecule is C=C1C(=O)C23CC(O)C4C(C)(C)C(O)CCC4(C)C2C(OC(C)=O)C(O)C1C3. The molecule has 6 nitrogen and oxygen atoms in total. The molecular weight excluding hydrogens is 360 g/mol. The zero-order valence-electron chi connectivity index (χ0n) is 17.1. The maximum Gasteiger partial charge on any atom is 0.303 e. The van der Waals surface area contributed by atoms with Gasteiger partial charge in [-0.1, -0.05) is 27.4 Å². The molecule has 0 aromatic rings. The third kappa shape index (κ3) is 2.25. The van der Waals surface area contributed by atoms with Crippen LogP contribution >= 0.6 is 0 Å². The molecule has 4 rings (SSSR count). The quantitative estimate of drug-likeness (QED) is 0.463. The van der Waals surface area contributed by atoms with Gasteiger partial charge in [0.15, 0.2) is 5.78 Å². The van der Waals surface area contributed by atoms with E-state index in [2.05, 4.69) is 6.58 Å². The summed E-state index contributed by atoms with van der Waals surface area (Å²) in [5.41, 5.74) is -1.61. The number of carbonyl (C=O) groups excluding carboxylic acids is 2. The Bertz CT molecular complexity index is 743. The fourth-order valence-corrected chi connectivity index (χ4v) is 7.88. The van der Waals surface area contributed by atoms with Gasteiger partial charge in [0.25, 0.3) is 0 Å². The lowest BCUT2D eigenvalue weighted by Crippen LogP contribution is -2.69. The van der Waals surface area contributed by atoms with E-state index in [1.165, 1.54) is 6.92 Å². The van der Waals surface area contributed by atoms with Crippen LogP contribution in [0.5, 0.6) is 0 Å². The summed E-state index contributed by atoms with van der Waals surface area (Å²) in [4.78, 5) is 25.3. The number of aliphatic hydroxyl groups is 3. The molecule has 28 heavy (non-hydrogen) atoms. The van der Waals surface area contributed by atoms with Crippen LogP contribution in [0.3, 0.4) is 0 Å². The second kappa shape index (κ2) is 5.89. The highest BCUT2D eigenvalue weighted by atomic mass is 16.6. The van der Waals surface area contributed by atoms with Crippen LogP contribution in [0, 0.1) is 34.0 Å². The molecule has 4 saturated carbocycles. The van der Waals surface area contributed by atoms with Crippen molar-refractivity contribution in [3.63, 3.8) is 0 Å². The van der Waals surface area contributed by atoms with Crippen molar-refractivity contribution in [2.45, 2.75) is 77.8 Å². The van der Waals surface area contributed by atoms with Crippen molar-refractivity contribution < 1.29 is 29.6 Å². The number of hydrogen-bond donors (Lipinski definition) is 3. The van der Waals surface area contributed by atoms with Gasteiger partial charge >= 0.3 is 5.97 Å². The summed E-state index contributed by atoms with van der Waals surface area (Å²) in [7, 11) is 0. The molecular formula is C22H32O6. The fraction of sp³-hybridized carbons (Fsp3) is 0.818. The largest absolute Gasteiger partial charge is 0.459 e. The summed E-state index contributed by atoms with van der Waals surface area (Å²) in [5, 5.41) is 33.0. The minimum Gasteiger partial charge on any atom is -0.459 e. The topological polar surface area (TPSA) is 104 Å². The van der Waals surface area contributed by atoms with Gasteiger partial charge in [0.2, 0.25) is 0 Å². The van der Waals surface area contributed by atoms with E-state index in [4.69, 9.17) is 4.74 Å². The number of aliphatic hydroxyl groups excluding tert-OH is 3. The molecule has 6 heteroatoms. The molecule has 0 aromatic heterocycles. The summed E-state index contributed by atoms with van der Waals surface area (Å²) in [6, 6.07) is 0. The first-order chi connectivity index (χ1) is 12.9. The van der Waals surface area contributed by atoms with Crippen molar-refractivity contribution in [3.05, 3.63) is 12.2 Å². The lowest BCUT2D eigenvalue weighted by molar-refractivity contribution is -0.258. The smallest absolute Gasteiger partial charge is 0.303 e. The monoisotopic (exact) mass is 392 g/mol. The number of esters is 1. The van der Waals surface area contributed by atoms with E-state index in [-0.39, 0.29) is 18.1 Å². The number of ether oxygens (including phenoxy) is 1. The van der Waals surface area contributed by atoms with Crippen LogP contribution in [-0.4, -0.2) is 51.5 Å². The molecule has 9 unspecified atom stereocenters. The summed E-state index contributed by atoms with van der Waals surface area (Å²) >= 11 is 0. The Labute approximate surface area is 166 Å². The standard InChI is InChI=1S/C22H32O6/c1-10-12-8-22(19(10)27)9-13(24)17-20(3,4)14(25)6-7-21(17,5)18(22)16(15(12)26)28-11(2)23/h12-18,24-26H,1,6-9H2,2-5H3. The molecule has 1 spiro atoms. The minimum atomic E-state index is -0.983. The van der Waals surface area contributed by atoms with Gasteiger partial charge in [-0.15, -0.1) is 0 Å². The average Bonchev–Trinajstić information content (AvgIpc) is 2.78. The second-order valence-electron chi connectivity index (χ2n) is 10.5. The summed E-state index contributed by atoms with van der Waals surface area (Å²) < 4.78 is 5.66. The summed E-state index contributed by atoms with van der Waals surface area (Å²) in [6.07, 6.45) is -1.27. The summed E-state index contributed by atoms with van der Waals surface area (Å²) in [5.74, 6) is -1.72. The van der Waals surface area contributed by atoms with Crippen LogP contribution in [0.2, 0.25) is 0 Å². The van der Waals surface area contributed by atoms with Crippen LogP contribution < -0.4 is 0 Å². The van der Waals surface area contributed by atoms with Crippen molar-refractivity contribution in [2.24, 2.45) is 34.0 Å². The molecule has 0 saturated heterocycles. The highest BCUT2D eigenvalue weighted by molar-refractivity contribution is 6.03. The molecule has 2 bridgehead atoms. The highest BCUT2D eigenvalue weighted by Crippen LogP contribution is 2.71. The van der Waals surface area contributed by atoms with Crippen LogP contribution in [0.1, 0.15) is 53.4 Å². The molecule has 3 N–H and O–H groups in total. The number of hydrogen-bond acceptors (Lipinski definition) is 6. The normalized spacial score (nSPS) is 52.0. The maximum atomic E-state index is 13.4. The van der Waals surface area contributed by atoms with Crippen LogP contribution in [-0.2, 0) is 14.3 Å². The van der Waals surface area contributed by atoms with E-state index in [1.54, 1.807) is 0 Å². The van der Waals surface area contributed by atoms with Gasteiger partial charge < -0.3 is 20.1 Å². The van der Waals surface area contributed by atoms with Crippen LogP contribution in [0.25, 0.3) is 0 Å². The van der Waals surface area contributed by atoms with E-state index >= 15 is 0 Å². The zero-order valence-corrected chi connectivity index (χ0v) is 17.1. The first-order valence-corrected chi connectivity index (χ1v) is 10.3. The summed E-state index contributed by atoms with van der Waals surface area (Å²) in [6.45, 7) is 11.2. The average molecular weight is 392 g/mol. The third-order valence-corrected chi connectivity index (χ3v) is 8.75. The number of carbonyl (C=O) groups is 2. The minimum absolute atomic E-state index is 0.0983. The van der Waals surface area contributed by atoms with Crippen molar-refractivity contribution in [1.82, 2.24) is 0 Å². The first-order valence-electron chi connectivity index (χ1n) is 10.3. The number of fused-ring (bicyclic) bond motifs is 3. The second-order valence-corrected chi connectivity index (χ2v) is 10.5. The molecule has 0 amide bonds. The molecule has 9 atom stereocenters. The van der Waals surface area contributed by atoms with Gasteiger partial charge in [-0.05, 0) is 48.0 Å². The van der Waals surface area contributed by atoms with Crippen molar-refractivity contribution in [2.75, 3.05) is 0 Å². The van der Waals surface area contributed by atoms with Gasteiger partial charge in [-0.25, -0.2) is 0 Å². The van der Waals surface area contributed by atoms with E-state index in [1.807, 2.05) is 20.8 Å². The Balaban J connectivity index is 1.91. The lowest BCUT2D eigenvalue weighted by Gasteiger charge is -2.66. The number of Topliss-reactive ketones (excluding diaryl/α,β-unsaturated/α-hetero) is 1. The lowest BCUT2D eigenvalue weighted by atomic mass is 9.39. The van der Waals surface area contributed by atoms with Crippen molar-refractivity contribution in [3.8, 4) is 0 Å². The fourth-order valence-electron chi connectivity index (χ4n) is 7.88. The van der Waals surface area contributed by atoms with Crippen molar-refractivity contribution in [1.29, 1.82) is 0 Å². The Morgan fingerprint density at radius 2 is 1.79 bits per heavy atom. The van der Waals surface area contributed by atoms with Gasteiger partial charge in [0.1, 0.15) is 6.10 Å². The third-order valence-electron chi connectivity index (χ3n) is 8.75. The van der Waals surface area contributed by atoms with Gasteiger partial charge in [0.05, 0.1) is 18.3 Å². The molecule has 0 aromatic carbocycles. The Kier molecular flexibility index (Phi) is 4.22. The molecule has 4 aliphatic rings. The zero-order chi connectivity index (χ0) is 20.8. The molecule has 4 aliphatic carbocycles. The number of rotatable bonds is 1. The molecule has 0 aliphatic heterocycles. The predicted molar refractivity (Wildman–Crippen MR) is 101 cm³/mol. The molecule has 156 valence electrons. The first kappa shape index (κ1) is 20.0. The molecule has 4 fully saturated rings. The van der Waals surface area contributed by atoms with E-state index < -0.39 is 58.5 Å². The number of ketones is 1. The molecule has 0 radical (unpaired) electrons. The van der Waals surface area contributed by atoms with Crippen LogP contribution in [0.15, 0.2) is 12.2 Å². The van der Waals surface area contributed by atoms with Crippen LogP contribution in [0.4, 0.5) is 0 Å². The Morgan fingerprint density at radius 1 is 1.14 bits per heavy atom. The van der Waals surface area contributed by atoms with Crippen molar-refractivity contribution >= 4 is 11.8 Å². The van der Waals surface area contributed by atoms with Gasteiger partial charge in [-0.2, -0.15) is 0 Å². The molecule has 0 heterocycles. The maximum absolute atomic E-state index is 13.4. The predicted octanol–water partition coefficient (Wildman–Crippen LogP) is 1.61. The Morgan fingerprint density at radius 3 is 2.39 bits per heavy atom. The van der Waals surface area contributed by atoms with E-state index in [0.717, 1.165) is 0 Å². The van der Waals surface area contributed by atoms with Gasteiger partial charge in [0, 0.05) is 24.2 Å². The van der Waals surface area contributed by atoms with E-state index in [9.17, 15) is 24.9 Å². The van der Waals surface area contributed by atoms with Gasteiger partial charge in [-0.3, -0.25) is 9.59 Å². The Hall–Kier alpha value is -1.24. The van der Waals surface area contributed by atoms with E-state index in [0.29, 0.717) is 24.8 Å². The highest BCUT2D eigenvalue weighted by Gasteiger charge is 2.74.